The fourth-order valence-corrected chi connectivity index (χ4v) is 5.52. The van der Waals surface area contributed by atoms with Crippen molar-refractivity contribution in [1.82, 2.24) is 5.01 Å². The number of nitrogens with zero attached hydrogens (tertiary/aromatic N) is 2. The monoisotopic (exact) mass is 432 g/mol. The molecule has 1 spiro atoms. The van der Waals surface area contributed by atoms with Gasteiger partial charge in [-0.15, -0.1) is 11.3 Å². The molecule has 1 aromatic heterocycles. The highest BCUT2D eigenvalue weighted by Crippen LogP contribution is 2.52. The van der Waals surface area contributed by atoms with Crippen molar-refractivity contribution >= 4 is 33.0 Å². The van der Waals surface area contributed by atoms with Crippen LogP contribution in [-0.2, 0) is 4.74 Å². The fraction of sp³-hybridized carbons (Fsp3) is 0.450. The van der Waals surface area contributed by atoms with Gasteiger partial charge in [-0.2, -0.15) is 5.10 Å². The number of hydrogen-bond donors (Lipinski definition) is 0. The number of ether oxygens (including phenoxy) is 2. The van der Waals surface area contributed by atoms with Gasteiger partial charge in [0, 0.05) is 29.3 Å². The van der Waals surface area contributed by atoms with Crippen LogP contribution >= 0.6 is 27.3 Å². The lowest BCUT2D eigenvalue weighted by Crippen LogP contribution is -2.60. The minimum atomic E-state index is -0.438. The molecule has 0 radical (unpaired) electrons. The second-order valence-electron chi connectivity index (χ2n) is 7.85. The number of thiophene rings is 1. The molecule has 4 nitrogen and oxygen atoms in total. The van der Waals surface area contributed by atoms with Crippen molar-refractivity contribution in [3.8, 4) is 5.75 Å². The molecule has 26 heavy (non-hydrogen) atoms. The van der Waals surface area contributed by atoms with Gasteiger partial charge in [-0.05, 0) is 43.5 Å². The molecule has 0 N–H and O–H groups in total. The Labute approximate surface area is 165 Å². The van der Waals surface area contributed by atoms with Crippen LogP contribution in [-0.4, -0.2) is 28.7 Å². The van der Waals surface area contributed by atoms with Gasteiger partial charge in [0.25, 0.3) is 0 Å². The second kappa shape index (κ2) is 5.81. The average molecular weight is 433 g/mol. The highest BCUT2D eigenvalue weighted by molar-refractivity contribution is 9.10. The molecule has 6 heteroatoms. The largest absolute Gasteiger partial charge is 0.466 e. The number of fused-ring (bicyclic) bond motifs is 4. The molecule has 4 heterocycles. The van der Waals surface area contributed by atoms with Crippen LogP contribution < -0.4 is 4.74 Å². The zero-order valence-electron chi connectivity index (χ0n) is 14.9. The van der Waals surface area contributed by atoms with Gasteiger partial charge in [0.1, 0.15) is 5.75 Å². The molecule has 0 unspecified atom stereocenters. The van der Waals surface area contributed by atoms with E-state index in [4.69, 9.17) is 14.6 Å². The van der Waals surface area contributed by atoms with Crippen LogP contribution in [0.3, 0.4) is 0 Å². The molecule has 1 saturated heterocycles. The summed E-state index contributed by atoms with van der Waals surface area (Å²) in [5.74, 6) is 0.981. The Bertz CT molecular complexity index is 880. The van der Waals surface area contributed by atoms with E-state index < -0.39 is 5.72 Å². The van der Waals surface area contributed by atoms with Crippen LogP contribution in [0.2, 0.25) is 0 Å². The Balaban J connectivity index is 1.63. The van der Waals surface area contributed by atoms with Crippen molar-refractivity contribution in [2.45, 2.75) is 50.5 Å². The molecule has 3 aliphatic heterocycles. The van der Waals surface area contributed by atoms with Crippen molar-refractivity contribution in [2.75, 3.05) is 6.61 Å². The van der Waals surface area contributed by atoms with Crippen molar-refractivity contribution < 1.29 is 9.47 Å². The van der Waals surface area contributed by atoms with Gasteiger partial charge in [-0.25, -0.2) is 5.01 Å². The first-order valence-corrected chi connectivity index (χ1v) is 10.7. The maximum absolute atomic E-state index is 6.65. The van der Waals surface area contributed by atoms with E-state index in [0.717, 1.165) is 35.2 Å². The molecular formula is C20H21BrN2O2S. The van der Waals surface area contributed by atoms with E-state index in [0.29, 0.717) is 6.61 Å². The van der Waals surface area contributed by atoms with Gasteiger partial charge >= 0.3 is 0 Å². The number of hydrogen-bond acceptors (Lipinski definition) is 5. The lowest BCUT2D eigenvalue weighted by atomic mass is 9.86. The number of hydrazone groups is 1. The van der Waals surface area contributed by atoms with E-state index in [1.807, 2.05) is 0 Å². The van der Waals surface area contributed by atoms with Crippen molar-refractivity contribution in [2.24, 2.45) is 5.10 Å². The standard InChI is InChI=1S/C20H21BrN2O2S/c1-19(2)12-20(7-8-24-19)23-16(11-15(22-23)18-4-3-9-26-18)14-10-13(21)5-6-17(14)25-20/h3-6,9-10,16H,7-8,11-12H2,1-2H3/t16-,20+/m1/s1. The summed E-state index contributed by atoms with van der Waals surface area (Å²) in [6, 6.07) is 10.8. The molecule has 1 aromatic carbocycles. The van der Waals surface area contributed by atoms with Crippen LogP contribution in [0, 0.1) is 0 Å². The molecule has 2 atom stereocenters. The first-order chi connectivity index (χ1) is 12.5. The number of rotatable bonds is 1. The van der Waals surface area contributed by atoms with Gasteiger partial charge < -0.3 is 9.47 Å². The summed E-state index contributed by atoms with van der Waals surface area (Å²) < 4.78 is 13.7. The van der Waals surface area contributed by atoms with Gasteiger partial charge in [0.05, 0.1) is 28.8 Å². The number of halogens is 1. The zero-order chi connectivity index (χ0) is 17.9. The first-order valence-electron chi connectivity index (χ1n) is 8.99. The minimum Gasteiger partial charge on any atom is -0.466 e. The SMILES string of the molecule is CC1(C)C[C@]2(CCO1)Oc1ccc(Br)cc1[C@H]1CC(c3cccs3)=NN12. The van der Waals surface area contributed by atoms with Crippen LogP contribution in [0.4, 0.5) is 0 Å². The van der Waals surface area contributed by atoms with E-state index in [9.17, 15) is 0 Å². The van der Waals surface area contributed by atoms with E-state index in [-0.39, 0.29) is 11.6 Å². The highest BCUT2D eigenvalue weighted by atomic mass is 79.9. The molecule has 2 aromatic rings. The molecular weight excluding hydrogens is 412 g/mol. The van der Waals surface area contributed by atoms with E-state index in [1.54, 1.807) is 11.3 Å². The molecule has 136 valence electrons. The highest BCUT2D eigenvalue weighted by Gasteiger charge is 2.54. The summed E-state index contributed by atoms with van der Waals surface area (Å²) in [7, 11) is 0. The van der Waals surface area contributed by atoms with Crippen LogP contribution in [0.1, 0.15) is 49.6 Å². The smallest absolute Gasteiger partial charge is 0.203 e. The van der Waals surface area contributed by atoms with Crippen LogP contribution in [0.15, 0.2) is 45.3 Å². The van der Waals surface area contributed by atoms with E-state index in [1.165, 1.54) is 10.4 Å². The summed E-state index contributed by atoms with van der Waals surface area (Å²) in [6.45, 7) is 4.97. The Morgan fingerprint density at radius 1 is 1.31 bits per heavy atom. The summed E-state index contributed by atoms with van der Waals surface area (Å²) in [6.07, 6.45) is 2.53. The third-order valence-corrected chi connectivity index (χ3v) is 6.86. The normalized spacial score (nSPS) is 29.1. The molecule has 0 saturated carbocycles. The fourth-order valence-electron chi connectivity index (χ4n) is 4.42. The second-order valence-corrected chi connectivity index (χ2v) is 9.72. The van der Waals surface area contributed by atoms with Crippen molar-refractivity contribution in [1.29, 1.82) is 0 Å². The Kier molecular flexibility index (Phi) is 3.75. The van der Waals surface area contributed by atoms with Gasteiger partial charge in [0.15, 0.2) is 0 Å². The molecule has 3 aliphatic rings. The van der Waals surface area contributed by atoms with Gasteiger partial charge in [-0.3, -0.25) is 0 Å². The Morgan fingerprint density at radius 2 is 2.19 bits per heavy atom. The molecule has 0 aliphatic carbocycles. The summed E-state index contributed by atoms with van der Waals surface area (Å²) >= 11 is 5.37. The summed E-state index contributed by atoms with van der Waals surface area (Å²) in [5.41, 5.74) is 1.71. The zero-order valence-corrected chi connectivity index (χ0v) is 17.3. The summed E-state index contributed by atoms with van der Waals surface area (Å²) in [5, 5.41) is 9.44. The summed E-state index contributed by atoms with van der Waals surface area (Å²) in [4.78, 5) is 1.25. The average Bonchev–Trinajstić information content (AvgIpc) is 3.24. The predicted octanol–water partition coefficient (Wildman–Crippen LogP) is 5.34. The maximum atomic E-state index is 6.65. The topological polar surface area (TPSA) is 34.1 Å². The van der Waals surface area contributed by atoms with Crippen molar-refractivity contribution in [3.63, 3.8) is 0 Å². The Hall–Kier alpha value is -1.37. The number of benzene rings is 1. The molecule has 0 bridgehead atoms. The van der Waals surface area contributed by atoms with Crippen LogP contribution in [0.5, 0.6) is 5.75 Å². The van der Waals surface area contributed by atoms with Gasteiger partial charge in [-0.1, -0.05) is 22.0 Å². The molecule has 0 amide bonds. The van der Waals surface area contributed by atoms with E-state index >= 15 is 0 Å². The predicted molar refractivity (Wildman–Crippen MR) is 107 cm³/mol. The lowest BCUT2D eigenvalue weighted by molar-refractivity contribution is -0.212. The van der Waals surface area contributed by atoms with Crippen LogP contribution in [0.25, 0.3) is 0 Å². The Morgan fingerprint density at radius 3 is 2.96 bits per heavy atom. The third kappa shape index (κ3) is 2.62. The van der Waals surface area contributed by atoms with Crippen molar-refractivity contribution in [3.05, 3.63) is 50.6 Å². The maximum Gasteiger partial charge on any atom is 0.203 e. The van der Waals surface area contributed by atoms with Gasteiger partial charge in [0.2, 0.25) is 5.72 Å². The molecule has 1 fully saturated rings. The third-order valence-electron chi connectivity index (χ3n) is 5.45. The quantitative estimate of drug-likeness (QED) is 0.609. The minimum absolute atomic E-state index is 0.210. The van der Waals surface area contributed by atoms with E-state index in [2.05, 4.69) is 70.5 Å². The lowest BCUT2D eigenvalue weighted by Gasteiger charge is -2.52. The first kappa shape index (κ1) is 16.8. The molecule has 5 rings (SSSR count).